The van der Waals surface area contributed by atoms with Gasteiger partial charge in [0, 0.05) is 24.2 Å². The van der Waals surface area contributed by atoms with Crippen molar-refractivity contribution in [1.29, 1.82) is 0 Å². The van der Waals surface area contributed by atoms with Crippen molar-refractivity contribution in [2.24, 2.45) is 0 Å². The van der Waals surface area contributed by atoms with Crippen molar-refractivity contribution in [3.8, 4) is 0 Å². The second kappa shape index (κ2) is 4.35. The van der Waals surface area contributed by atoms with Crippen LogP contribution in [0.3, 0.4) is 0 Å². The van der Waals surface area contributed by atoms with E-state index >= 15 is 0 Å². The predicted molar refractivity (Wildman–Crippen MR) is 52.6 cm³/mol. The Hall–Kier alpha value is -1.19. The zero-order valence-electron chi connectivity index (χ0n) is 8.20. The SMILES string of the molecule is C=CC[C@]1([N+](=O)[O-])CCCCCC1=O. The molecule has 1 aliphatic rings. The number of hydrogen-bond donors (Lipinski definition) is 0. The molecular formula is C10H15NO3. The van der Waals surface area contributed by atoms with Crippen molar-refractivity contribution in [2.45, 2.75) is 44.1 Å². The fourth-order valence-electron chi connectivity index (χ4n) is 1.97. The third-order valence-electron chi connectivity index (χ3n) is 2.84. The van der Waals surface area contributed by atoms with Gasteiger partial charge in [0.1, 0.15) is 0 Å². The van der Waals surface area contributed by atoms with Gasteiger partial charge in [-0.25, -0.2) is 0 Å². The highest BCUT2D eigenvalue weighted by atomic mass is 16.6. The molecule has 1 rings (SSSR count). The van der Waals surface area contributed by atoms with Gasteiger partial charge in [0.2, 0.25) is 5.78 Å². The van der Waals surface area contributed by atoms with Gasteiger partial charge in [-0.15, -0.1) is 6.58 Å². The van der Waals surface area contributed by atoms with Crippen molar-refractivity contribution < 1.29 is 9.72 Å². The van der Waals surface area contributed by atoms with Gasteiger partial charge in [-0.2, -0.15) is 0 Å². The number of hydrogen-bond acceptors (Lipinski definition) is 3. The maximum absolute atomic E-state index is 11.7. The minimum Gasteiger partial charge on any atom is -0.292 e. The first kappa shape index (κ1) is 10.9. The van der Waals surface area contributed by atoms with Crippen LogP contribution in [-0.4, -0.2) is 16.2 Å². The third-order valence-corrected chi connectivity index (χ3v) is 2.84. The lowest BCUT2D eigenvalue weighted by Crippen LogP contribution is -2.45. The lowest BCUT2D eigenvalue weighted by atomic mass is 9.86. The van der Waals surface area contributed by atoms with Crippen LogP contribution in [0.4, 0.5) is 0 Å². The number of nitro groups is 1. The molecule has 78 valence electrons. The molecule has 0 amide bonds. The highest BCUT2D eigenvalue weighted by Gasteiger charge is 2.48. The van der Waals surface area contributed by atoms with Crippen molar-refractivity contribution in [2.75, 3.05) is 0 Å². The van der Waals surface area contributed by atoms with Crippen LogP contribution in [-0.2, 0) is 4.79 Å². The molecule has 0 heterocycles. The Morgan fingerprint density at radius 3 is 2.79 bits per heavy atom. The molecule has 0 aromatic rings. The Labute approximate surface area is 83.1 Å². The Morgan fingerprint density at radius 1 is 1.50 bits per heavy atom. The van der Waals surface area contributed by atoms with Crippen LogP contribution in [0.5, 0.6) is 0 Å². The Morgan fingerprint density at radius 2 is 2.21 bits per heavy atom. The first-order valence-electron chi connectivity index (χ1n) is 4.92. The van der Waals surface area contributed by atoms with Gasteiger partial charge in [0.05, 0.1) is 0 Å². The van der Waals surface area contributed by atoms with E-state index in [9.17, 15) is 14.9 Å². The van der Waals surface area contributed by atoms with Gasteiger partial charge in [0.25, 0.3) is 5.54 Å². The number of carbonyl (C=O) groups excluding carboxylic acids is 1. The highest BCUT2D eigenvalue weighted by molar-refractivity contribution is 5.87. The van der Waals surface area contributed by atoms with Crippen molar-refractivity contribution in [1.82, 2.24) is 0 Å². The van der Waals surface area contributed by atoms with E-state index in [1.165, 1.54) is 6.08 Å². The van der Waals surface area contributed by atoms with Crippen LogP contribution in [0.15, 0.2) is 12.7 Å². The first-order valence-corrected chi connectivity index (χ1v) is 4.92. The summed E-state index contributed by atoms with van der Waals surface area (Å²) in [4.78, 5) is 22.2. The summed E-state index contributed by atoms with van der Waals surface area (Å²) in [7, 11) is 0. The van der Waals surface area contributed by atoms with Crippen LogP contribution < -0.4 is 0 Å². The average Bonchev–Trinajstić information content (AvgIpc) is 2.31. The summed E-state index contributed by atoms with van der Waals surface area (Å²) in [5.74, 6) is -0.222. The summed E-state index contributed by atoms with van der Waals surface area (Å²) in [6, 6.07) is 0. The van der Waals surface area contributed by atoms with E-state index in [0.29, 0.717) is 12.8 Å². The van der Waals surface area contributed by atoms with Crippen LogP contribution in [0.25, 0.3) is 0 Å². The largest absolute Gasteiger partial charge is 0.292 e. The number of nitrogens with zero attached hydrogens (tertiary/aromatic N) is 1. The van der Waals surface area contributed by atoms with E-state index in [4.69, 9.17) is 0 Å². The molecule has 1 atom stereocenters. The molecule has 14 heavy (non-hydrogen) atoms. The fraction of sp³-hybridized carbons (Fsp3) is 0.700. The molecule has 0 unspecified atom stereocenters. The molecule has 0 spiro atoms. The Balaban J connectivity index is 2.96. The van der Waals surface area contributed by atoms with E-state index in [1.54, 1.807) is 0 Å². The highest BCUT2D eigenvalue weighted by Crippen LogP contribution is 2.30. The smallest absolute Gasteiger partial charge is 0.282 e. The zero-order chi connectivity index (χ0) is 10.6. The quantitative estimate of drug-likeness (QED) is 0.301. The molecule has 0 N–H and O–H groups in total. The summed E-state index contributed by atoms with van der Waals surface area (Å²) < 4.78 is 0. The standard InChI is InChI=1S/C10H15NO3/c1-2-7-10(11(13)14)8-5-3-4-6-9(10)12/h2H,1,3-8H2/t10-/m0/s1. The average molecular weight is 197 g/mol. The second-order valence-corrected chi connectivity index (χ2v) is 3.77. The van der Waals surface area contributed by atoms with Crippen LogP contribution >= 0.6 is 0 Å². The normalized spacial score (nSPS) is 28.1. The maximum atomic E-state index is 11.7. The number of rotatable bonds is 3. The lowest BCUT2D eigenvalue weighted by molar-refractivity contribution is -0.552. The van der Waals surface area contributed by atoms with E-state index in [0.717, 1.165) is 19.3 Å². The van der Waals surface area contributed by atoms with Gasteiger partial charge >= 0.3 is 0 Å². The van der Waals surface area contributed by atoms with Gasteiger partial charge < -0.3 is 0 Å². The molecule has 0 saturated heterocycles. The van der Waals surface area contributed by atoms with E-state index < -0.39 is 10.5 Å². The van der Waals surface area contributed by atoms with E-state index in [2.05, 4.69) is 6.58 Å². The number of ketones is 1. The summed E-state index contributed by atoms with van der Waals surface area (Å²) in [6.07, 6.45) is 4.81. The van der Waals surface area contributed by atoms with Crippen LogP contribution in [0.1, 0.15) is 38.5 Å². The molecule has 4 nitrogen and oxygen atoms in total. The monoisotopic (exact) mass is 197 g/mol. The van der Waals surface area contributed by atoms with Crippen molar-refractivity contribution >= 4 is 5.78 Å². The summed E-state index contributed by atoms with van der Waals surface area (Å²) >= 11 is 0. The molecule has 4 heteroatoms. The summed E-state index contributed by atoms with van der Waals surface area (Å²) in [5, 5.41) is 11.0. The van der Waals surface area contributed by atoms with Crippen LogP contribution in [0, 0.1) is 10.1 Å². The molecule has 0 aliphatic heterocycles. The van der Waals surface area contributed by atoms with Gasteiger partial charge in [0.15, 0.2) is 0 Å². The molecule has 1 saturated carbocycles. The number of Topliss-reactive ketones (excluding diaryl/α,β-unsaturated/α-hetero) is 1. The van der Waals surface area contributed by atoms with E-state index in [-0.39, 0.29) is 12.2 Å². The first-order chi connectivity index (χ1) is 6.63. The minimum atomic E-state index is -1.36. The van der Waals surface area contributed by atoms with E-state index in [1.807, 2.05) is 0 Å². The molecule has 1 fully saturated rings. The topological polar surface area (TPSA) is 60.2 Å². The minimum absolute atomic E-state index is 0.166. The number of carbonyl (C=O) groups is 1. The molecule has 0 radical (unpaired) electrons. The second-order valence-electron chi connectivity index (χ2n) is 3.77. The lowest BCUT2D eigenvalue weighted by Gasteiger charge is -2.20. The van der Waals surface area contributed by atoms with Gasteiger partial charge in [-0.1, -0.05) is 12.5 Å². The molecular weight excluding hydrogens is 182 g/mol. The van der Waals surface area contributed by atoms with Gasteiger partial charge in [-0.3, -0.25) is 14.9 Å². The fourth-order valence-corrected chi connectivity index (χ4v) is 1.97. The Kier molecular flexibility index (Phi) is 3.38. The molecule has 0 aromatic carbocycles. The summed E-state index contributed by atoms with van der Waals surface area (Å²) in [5.41, 5.74) is -1.36. The zero-order valence-corrected chi connectivity index (χ0v) is 8.20. The third kappa shape index (κ3) is 1.84. The molecule has 0 aromatic heterocycles. The maximum Gasteiger partial charge on any atom is 0.282 e. The van der Waals surface area contributed by atoms with Crippen molar-refractivity contribution in [3.05, 3.63) is 22.8 Å². The van der Waals surface area contributed by atoms with Crippen LogP contribution in [0.2, 0.25) is 0 Å². The predicted octanol–water partition coefficient (Wildman–Crippen LogP) is 2.11. The summed E-state index contributed by atoms with van der Waals surface area (Å²) in [6.45, 7) is 3.49. The van der Waals surface area contributed by atoms with Gasteiger partial charge in [-0.05, 0) is 12.8 Å². The Bertz CT molecular complexity index is 262. The van der Waals surface area contributed by atoms with Crippen molar-refractivity contribution in [3.63, 3.8) is 0 Å². The molecule has 1 aliphatic carbocycles. The molecule has 0 bridgehead atoms.